The van der Waals surface area contributed by atoms with Crippen molar-refractivity contribution in [3.63, 3.8) is 0 Å². The van der Waals surface area contributed by atoms with E-state index in [4.69, 9.17) is 4.74 Å². The van der Waals surface area contributed by atoms with Crippen LogP contribution in [0.3, 0.4) is 0 Å². The Morgan fingerprint density at radius 1 is 1.38 bits per heavy atom. The summed E-state index contributed by atoms with van der Waals surface area (Å²) in [6.07, 6.45) is 0. The van der Waals surface area contributed by atoms with E-state index in [0.717, 1.165) is 12.2 Å². The smallest absolute Gasteiger partial charge is 0.260 e. The van der Waals surface area contributed by atoms with Crippen LogP contribution in [0.5, 0.6) is 0 Å². The van der Waals surface area contributed by atoms with E-state index in [1.807, 2.05) is 27.7 Å². The van der Waals surface area contributed by atoms with Crippen LogP contribution in [0.4, 0.5) is 0 Å². The predicted molar refractivity (Wildman–Crippen MR) is 81.6 cm³/mol. The van der Waals surface area contributed by atoms with Crippen molar-refractivity contribution in [2.24, 2.45) is 5.92 Å². The molecule has 1 aromatic heterocycles. The quantitative estimate of drug-likeness (QED) is 0.554. The Morgan fingerprint density at radius 2 is 2.10 bits per heavy atom. The maximum absolute atomic E-state index is 12.2. The average molecular weight is 318 g/mol. The van der Waals surface area contributed by atoms with E-state index in [2.05, 4.69) is 20.2 Å². The second-order valence-electron chi connectivity index (χ2n) is 5.28. The lowest BCUT2D eigenvalue weighted by Crippen LogP contribution is -2.29. The van der Waals surface area contributed by atoms with Crippen molar-refractivity contribution in [1.82, 2.24) is 20.2 Å². The molecule has 0 aliphatic carbocycles. The molecular formula is C13H26N4O3S. The van der Waals surface area contributed by atoms with Crippen LogP contribution in [0, 0.1) is 12.8 Å². The predicted octanol–water partition coefficient (Wildman–Crippen LogP) is 0.779. The van der Waals surface area contributed by atoms with Gasteiger partial charge in [0, 0.05) is 31.0 Å². The molecule has 0 saturated heterocycles. The van der Waals surface area contributed by atoms with Crippen molar-refractivity contribution < 1.29 is 13.2 Å². The van der Waals surface area contributed by atoms with Crippen LogP contribution in [0.2, 0.25) is 0 Å². The molecule has 0 bridgehead atoms. The third-order valence-electron chi connectivity index (χ3n) is 2.83. The minimum absolute atomic E-state index is 0.0600. The Kier molecular flexibility index (Phi) is 7.30. The van der Waals surface area contributed by atoms with Gasteiger partial charge in [-0.05, 0) is 19.4 Å². The molecule has 0 aromatic carbocycles. The zero-order chi connectivity index (χ0) is 15.9. The highest BCUT2D eigenvalue weighted by Gasteiger charge is 2.23. The lowest BCUT2D eigenvalue weighted by Gasteiger charge is -2.09. The number of hydrogen-bond donors (Lipinski definition) is 3. The van der Waals surface area contributed by atoms with Gasteiger partial charge in [0.1, 0.15) is 0 Å². The first-order valence-corrected chi connectivity index (χ1v) is 8.68. The first-order chi connectivity index (χ1) is 9.88. The third kappa shape index (κ3) is 5.74. The molecule has 21 heavy (non-hydrogen) atoms. The molecule has 0 radical (unpaired) electrons. The normalized spacial score (nSPS) is 12.2. The van der Waals surface area contributed by atoms with Crippen molar-refractivity contribution >= 4 is 10.0 Å². The number of sulfonamides is 1. The molecule has 0 spiro atoms. The molecule has 122 valence electrons. The molecule has 1 rings (SSSR count). The van der Waals surface area contributed by atoms with Crippen LogP contribution in [-0.2, 0) is 21.3 Å². The molecule has 3 N–H and O–H groups in total. The number of hydrogen-bond acceptors (Lipinski definition) is 5. The molecule has 0 unspecified atom stereocenters. The summed E-state index contributed by atoms with van der Waals surface area (Å²) in [4.78, 5) is 0. The molecule has 1 aromatic rings. The van der Waals surface area contributed by atoms with E-state index in [-0.39, 0.29) is 11.6 Å². The van der Waals surface area contributed by atoms with Gasteiger partial charge in [0.15, 0.2) is 5.03 Å². The maximum atomic E-state index is 12.2. The third-order valence-corrected chi connectivity index (χ3v) is 4.26. The Hall–Kier alpha value is -0.960. The van der Waals surface area contributed by atoms with Gasteiger partial charge in [-0.3, -0.25) is 5.10 Å². The van der Waals surface area contributed by atoms with Gasteiger partial charge < -0.3 is 10.1 Å². The molecule has 8 heteroatoms. The standard InChI is InChI=1S/C13H26N4O3S/c1-5-14-8-12-11(4)16-17-13(12)21(18,19)15-6-7-20-9-10(2)3/h10,14-15H,5-9H2,1-4H3,(H,16,17). The molecule has 0 saturated carbocycles. The van der Waals surface area contributed by atoms with Crippen molar-refractivity contribution in [2.75, 3.05) is 26.3 Å². The van der Waals surface area contributed by atoms with Crippen LogP contribution >= 0.6 is 0 Å². The number of rotatable bonds is 10. The fourth-order valence-electron chi connectivity index (χ4n) is 1.75. The van der Waals surface area contributed by atoms with Crippen LogP contribution < -0.4 is 10.0 Å². The molecule has 1 heterocycles. The lowest BCUT2D eigenvalue weighted by atomic mass is 10.2. The summed E-state index contributed by atoms with van der Waals surface area (Å²) in [5.41, 5.74) is 1.43. The zero-order valence-electron chi connectivity index (χ0n) is 13.2. The first-order valence-electron chi connectivity index (χ1n) is 7.20. The number of H-pyrrole nitrogens is 1. The summed E-state index contributed by atoms with van der Waals surface area (Å²) in [7, 11) is -3.61. The van der Waals surface area contributed by atoms with E-state index >= 15 is 0 Å². The number of aromatic amines is 1. The molecule has 0 amide bonds. The Labute approximate surface area is 126 Å². The van der Waals surface area contributed by atoms with Gasteiger partial charge in [0.25, 0.3) is 10.0 Å². The van der Waals surface area contributed by atoms with Crippen molar-refractivity contribution in [3.05, 3.63) is 11.3 Å². The summed E-state index contributed by atoms with van der Waals surface area (Å²) in [5.74, 6) is 0.433. The van der Waals surface area contributed by atoms with Gasteiger partial charge in [0.2, 0.25) is 0 Å². The highest BCUT2D eigenvalue weighted by Crippen LogP contribution is 2.15. The Balaban J connectivity index is 2.61. The molecule has 0 fully saturated rings. The molecule has 7 nitrogen and oxygen atoms in total. The molecular weight excluding hydrogens is 292 g/mol. The monoisotopic (exact) mass is 318 g/mol. The number of nitrogens with one attached hydrogen (secondary N) is 3. The SMILES string of the molecule is CCNCc1c(S(=O)(=O)NCCOCC(C)C)n[nH]c1C. The van der Waals surface area contributed by atoms with Crippen LogP contribution in [0.1, 0.15) is 32.0 Å². The maximum Gasteiger partial charge on any atom is 0.260 e. The Morgan fingerprint density at radius 3 is 2.71 bits per heavy atom. The second kappa shape index (κ2) is 8.47. The van der Waals surface area contributed by atoms with Gasteiger partial charge in [-0.1, -0.05) is 20.8 Å². The number of aryl methyl sites for hydroxylation is 1. The van der Waals surface area contributed by atoms with Gasteiger partial charge in [0.05, 0.1) is 6.61 Å². The minimum Gasteiger partial charge on any atom is -0.380 e. The molecule has 0 aliphatic rings. The van der Waals surface area contributed by atoms with Gasteiger partial charge >= 0.3 is 0 Å². The van der Waals surface area contributed by atoms with E-state index in [1.165, 1.54) is 0 Å². The van der Waals surface area contributed by atoms with Crippen molar-refractivity contribution in [2.45, 2.75) is 39.3 Å². The number of aromatic nitrogens is 2. The summed E-state index contributed by atoms with van der Waals surface area (Å²) >= 11 is 0. The highest BCUT2D eigenvalue weighted by atomic mass is 32.2. The summed E-state index contributed by atoms with van der Waals surface area (Å²) < 4.78 is 32.4. The van der Waals surface area contributed by atoms with Crippen LogP contribution in [0.25, 0.3) is 0 Å². The van der Waals surface area contributed by atoms with Crippen LogP contribution in [-0.4, -0.2) is 44.9 Å². The Bertz CT molecular complexity index is 526. The topological polar surface area (TPSA) is 96.1 Å². The average Bonchev–Trinajstić information content (AvgIpc) is 2.77. The highest BCUT2D eigenvalue weighted by molar-refractivity contribution is 7.89. The minimum atomic E-state index is -3.61. The largest absolute Gasteiger partial charge is 0.380 e. The van der Waals surface area contributed by atoms with E-state index < -0.39 is 10.0 Å². The lowest BCUT2D eigenvalue weighted by molar-refractivity contribution is 0.114. The van der Waals surface area contributed by atoms with Crippen molar-refractivity contribution in [1.29, 1.82) is 0 Å². The van der Waals surface area contributed by atoms with Gasteiger partial charge in [-0.2, -0.15) is 5.10 Å². The molecule has 0 aliphatic heterocycles. The van der Waals surface area contributed by atoms with Gasteiger partial charge in [-0.25, -0.2) is 13.1 Å². The second-order valence-corrected chi connectivity index (χ2v) is 6.96. The zero-order valence-corrected chi connectivity index (χ0v) is 14.0. The van der Waals surface area contributed by atoms with Gasteiger partial charge in [-0.15, -0.1) is 0 Å². The summed E-state index contributed by atoms with van der Waals surface area (Å²) in [6, 6.07) is 0. The number of nitrogens with zero attached hydrogens (tertiary/aromatic N) is 1. The van der Waals surface area contributed by atoms with E-state index in [0.29, 0.717) is 31.2 Å². The van der Waals surface area contributed by atoms with Crippen molar-refractivity contribution in [3.8, 4) is 0 Å². The summed E-state index contributed by atoms with van der Waals surface area (Å²) in [5, 5.41) is 9.82. The number of ether oxygens (including phenoxy) is 1. The van der Waals surface area contributed by atoms with Crippen LogP contribution in [0.15, 0.2) is 5.03 Å². The first kappa shape index (κ1) is 18.1. The van der Waals surface area contributed by atoms with E-state index in [9.17, 15) is 8.42 Å². The fraction of sp³-hybridized carbons (Fsp3) is 0.769. The van der Waals surface area contributed by atoms with E-state index in [1.54, 1.807) is 0 Å². The fourth-order valence-corrected chi connectivity index (χ4v) is 2.95. The summed E-state index contributed by atoms with van der Waals surface area (Å²) in [6.45, 7) is 10.3. The molecule has 0 atom stereocenters.